The molecule has 1 aromatic rings. The topological polar surface area (TPSA) is 38.8 Å². The third kappa shape index (κ3) is 3.65. The van der Waals surface area contributed by atoms with Gasteiger partial charge in [0.1, 0.15) is 6.61 Å². The Hall–Kier alpha value is -1.71. The van der Waals surface area contributed by atoms with E-state index < -0.39 is 0 Å². The van der Waals surface area contributed by atoms with Gasteiger partial charge < -0.3 is 14.4 Å². The summed E-state index contributed by atoms with van der Waals surface area (Å²) in [5.74, 6) is 1.75. The van der Waals surface area contributed by atoms with Crippen molar-refractivity contribution in [3.63, 3.8) is 0 Å². The Balaban J connectivity index is 1.91. The number of nitrogens with zero attached hydrogens (tertiary/aromatic N) is 1. The summed E-state index contributed by atoms with van der Waals surface area (Å²) in [5.41, 5.74) is 0. The minimum Gasteiger partial charge on any atom is -0.486 e. The number of carbonyl (C=O) groups excluding carboxylic acids is 1. The fourth-order valence-electron chi connectivity index (χ4n) is 2.29. The highest BCUT2D eigenvalue weighted by atomic mass is 16.6. The Morgan fingerprint density at radius 1 is 1.30 bits per heavy atom. The van der Waals surface area contributed by atoms with Crippen LogP contribution in [0.2, 0.25) is 0 Å². The van der Waals surface area contributed by atoms with Crippen molar-refractivity contribution in [1.29, 1.82) is 0 Å². The van der Waals surface area contributed by atoms with Crippen LogP contribution < -0.4 is 9.47 Å². The van der Waals surface area contributed by atoms with E-state index in [2.05, 4.69) is 6.92 Å². The Morgan fingerprint density at radius 2 is 2.05 bits per heavy atom. The van der Waals surface area contributed by atoms with E-state index >= 15 is 0 Å². The van der Waals surface area contributed by atoms with E-state index in [9.17, 15) is 4.79 Å². The third-order valence-corrected chi connectivity index (χ3v) is 3.47. The van der Waals surface area contributed by atoms with Gasteiger partial charge in [0.05, 0.1) is 6.54 Å². The summed E-state index contributed by atoms with van der Waals surface area (Å²) < 4.78 is 11.6. The molecule has 1 aromatic carbocycles. The lowest BCUT2D eigenvalue weighted by Crippen LogP contribution is -2.43. The highest BCUT2D eigenvalue weighted by Gasteiger charge is 2.24. The Kier molecular flexibility index (Phi) is 5.27. The maximum atomic E-state index is 12.1. The minimum absolute atomic E-state index is 0.0876. The van der Waals surface area contributed by atoms with Crippen LogP contribution in [0.4, 0.5) is 0 Å². The highest BCUT2D eigenvalue weighted by Crippen LogP contribution is 2.31. The van der Waals surface area contributed by atoms with Gasteiger partial charge in [0.25, 0.3) is 0 Å². The second kappa shape index (κ2) is 7.17. The van der Waals surface area contributed by atoms with Crippen LogP contribution in [-0.2, 0) is 4.79 Å². The van der Waals surface area contributed by atoms with E-state index in [-0.39, 0.29) is 12.0 Å². The number of ether oxygens (including phenoxy) is 2. The summed E-state index contributed by atoms with van der Waals surface area (Å²) >= 11 is 0. The third-order valence-electron chi connectivity index (χ3n) is 3.47. The second-order valence-corrected chi connectivity index (χ2v) is 5.03. The maximum Gasteiger partial charge on any atom is 0.222 e. The van der Waals surface area contributed by atoms with Crippen molar-refractivity contribution in [3.05, 3.63) is 24.3 Å². The van der Waals surface area contributed by atoms with Crippen molar-refractivity contribution in [2.24, 2.45) is 0 Å². The van der Waals surface area contributed by atoms with E-state index in [1.165, 1.54) is 0 Å². The first-order valence-corrected chi connectivity index (χ1v) is 7.40. The van der Waals surface area contributed by atoms with Crippen LogP contribution >= 0.6 is 0 Å². The molecule has 110 valence electrons. The average Bonchev–Trinajstić information content (AvgIpc) is 2.50. The molecule has 4 nitrogen and oxygen atoms in total. The van der Waals surface area contributed by atoms with Gasteiger partial charge in [0.15, 0.2) is 17.6 Å². The molecule has 4 heteroatoms. The van der Waals surface area contributed by atoms with Crippen molar-refractivity contribution in [2.45, 2.75) is 39.2 Å². The van der Waals surface area contributed by atoms with Crippen LogP contribution in [0.15, 0.2) is 24.3 Å². The summed E-state index contributed by atoms with van der Waals surface area (Å²) in [6.45, 7) is 5.89. The molecular formula is C16H23NO3. The number of fused-ring (bicyclic) bond motifs is 1. The van der Waals surface area contributed by atoms with Crippen molar-refractivity contribution in [3.8, 4) is 11.5 Å². The zero-order valence-electron chi connectivity index (χ0n) is 12.3. The zero-order valence-corrected chi connectivity index (χ0v) is 12.3. The lowest BCUT2D eigenvalue weighted by Gasteiger charge is -2.31. The summed E-state index contributed by atoms with van der Waals surface area (Å²) in [6, 6.07) is 7.65. The minimum atomic E-state index is -0.0876. The standard InChI is InChI=1S/C16H23NO3/c1-3-5-10-16(18)17(4-2)11-13-12-19-14-8-6-7-9-15(14)20-13/h6-9,13H,3-5,10-12H2,1-2H3. The van der Waals surface area contributed by atoms with Crippen molar-refractivity contribution in [1.82, 2.24) is 4.90 Å². The summed E-state index contributed by atoms with van der Waals surface area (Å²) in [4.78, 5) is 13.9. The first kappa shape index (κ1) is 14.7. The van der Waals surface area contributed by atoms with Crippen LogP contribution in [0.25, 0.3) is 0 Å². The monoisotopic (exact) mass is 277 g/mol. The molecule has 0 bridgehead atoms. The lowest BCUT2D eigenvalue weighted by molar-refractivity contribution is -0.132. The molecular weight excluding hydrogens is 254 g/mol. The van der Waals surface area contributed by atoms with Crippen LogP contribution in [0.3, 0.4) is 0 Å². The molecule has 1 atom stereocenters. The number of hydrogen-bond acceptors (Lipinski definition) is 3. The summed E-state index contributed by atoms with van der Waals surface area (Å²) in [7, 11) is 0. The number of carbonyl (C=O) groups is 1. The quantitative estimate of drug-likeness (QED) is 0.802. The van der Waals surface area contributed by atoms with Gasteiger partial charge in [-0.05, 0) is 25.5 Å². The lowest BCUT2D eigenvalue weighted by atomic mass is 10.2. The molecule has 1 unspecified atom stereocenters. The summed E-state index contributed by atoms with van der Waals surface area (Å²) in [5, 5.41) is 0. The van der Waals surface area contributed by atoms with E-state index in [4.69, 9.17) is 9.47 Å². The fourth-order valence-corrected chi connectivity index (χ4v) is 2.29. The summed E-state index contributed by atoms with van der Waals surface area (Å²) in [6.07, 6.45) is 2.52. The van der Waals surface area contributed by atoms with Gasteiger partial charge in [-0.3, -0.25) is 4.79 Å². The molecule has 20 heavy (non-hydrogen) atoms. The smallest absolute Gasteiger partial charge is 0.222 e. The van der Waals surface area contributed by atoms with Crippen LogP contribution in [0.1, 0.15) is 33.1 Å². The first-order valence-electron chi connectivity index (χ1n) is 7.40. The van der Waals surface area contributed by atoms with Crippen molar-refractivity contribution < 1.29 is 14.3 Å². The van der Waals surface area contributed by atoms with Crippen molar-refractivity contribution >= 4 is 5.91 Å². The first-order chi connectivity index (χ1) is 9.74. The number of hydrogen-bond donors (Lipinski definition) is 0. The Bertz CT molecular complexity index is 447. The van der Waals surface area contributed by atoms with E-state index in [1.54, 1.807) is 0 Å². The van der Waals surface area contributed by atoms with Gasteiger partial charge in [0.2, 0.25) is 5.91 Å². The fraction of sp³-hybridized carbons (Fsp3) is 0.562. The Morgan fingerprint density at radius 3 is 2.75 bits per heavy atom. The molecule has 0 spiro atoms. The van der Waals surface area contributed by atoms with Crippen molar-refractivity contribution in [2.75, 3.05) is 19.7 Å². The van der Waals surface area contributed by atoms with Crippen LogP contribution in [0, 0.1) is 0 Å². The number of benzene rings is 1. The normalized spacial score (nSPS) is 16.8. The number of unbranched alkanes of at least 4 members (excludes halogenated alkanes) is 1. The van der Waals surface area contributed by atoms with E-state index in [0.717, 1.165) is 24.3 Å². The zero-order chi connectivity index (χ0) is 14.4. The van der Waals surface area contributed by atoms with Gasteiger partial charge in [0, 0.05) is 13.0 Å². The van der Waals surface area contributed by atoms with Gasteiger partial charge in [-0.15, -0.1) is 0 Å². The molecule has 1 heterocycles. The molecule has 2 rings (SSSR count). The molecule has 1 aliphatic rings. The van der Waals surface area contributed by atoms with Crippen LogP contribution in [-0.4, -0.2) is 36.6 Å². The molecule has 0 radical (unpaired) electrons. The van der Waals surface area contributed by atoms with Gasteiger partial charge in [-0.2, -0.15) is 0 Å². The number of amides is 1. The van der Waals surface area contributed by atoms with Gasteiger partial charge >= 0.3 is 0 Å². The van der Waals surface area contributed by atoms with E-state index in [0.29, 0.717) is 26.1 Å². The second-order valence-electron chi connectivity index (χ2n) is 5.03. The van der Waals surface area contributed by atoms with E-state index in [1.807, 2.05) is 36.1 Å². The molecule has 0 saturated heterocycles. The highest BCUT2D eigenvalue weighted by molar-refractivity contribution is 5.76. The molecule has 0 aliphatic carbocycles. The number of rotatable bonds is 6. The predicted octanol–water partition coefficient (Wildman–Crippen LogP) is 2.87. The molecule has 0 saturated carbocycles. The SMILES string of the molecule is CCCCC(=O)N(CC)CC1COc2ccccc2O1. The molecule has 0 N–H and O–H groups in total. The Labute approximate surface area is 120 Å². The predicted molar refractivity (Wildman–Crippen MR) is 78.1 cm³/mol. The van der Waals surface area contributed by atoms with Crippen LogP contribution in [0.5, 0.6) is 11.5 Å². The number of likely N-dealkylation sites (N-methyl/N-ethyl adjacent to an activating group) is 1. The average molecular weight is 277 g/mol. The van der Waals surface area contributed by atoms with Gasteiger partial charge in [-0.1, -0.05) is 25.5 Å². The molecule has 0 aromatic heterocycles. The molecule has 0 fully saturated rings. The maximum absolute atomic E-state index is 12.1. The molecule has 1 aliphatic heterocycles. The van der Waals surface area contributed by atoms with Gasteiger partial charge in [-0.25, -0.2) is 0 Å². The largest absolute Gasteiger partial charge is 0.486 e. The number of para-hydroxylation sites is 2. The molecule has 1 amide bonds.